The molecule has 1 aliphatic rings. The van der Waals surface area contributed by atoms with E-state index >= 15 is 0 Å². The van der Waals surface area contributed by atoms with Gasteiger partial charge in [-0.15, -0.1) is 5.10 Å². The number of carboxylic acids is 1. The second-order valence-electron chi connectivity index (χ2n) is 8.93. The van der Waals surface area contributed by atoms with Gasteiger partial charge in [-0.25, -0.2) is 9.48 Å². The Morgan fingerprint density at radius 1 is 1.00 bits per heavy atom. The SMILES string of the molecule is CC(C)[C@@H](C)OC(=O)Nc1c(-c2ccc(-c3ccc(C4(C(=O)O)CC4)cc3)cc2)nnn1C. The zero-order valence-corrected chi connectivity index (χ0v) is 19.2. The number of aromatic nitrogens is 3. The third-order valence-corrected chi connectivity index (χ3v) is 6.37. The number of aliphatic carboxylic acids is 1. The van der Waals surface area contributed by atoms with Gasteiger partial charge >= 0.3 is 12.1 Å². The molecule has 8 nitrogen and oxygen atoms in total. The van der Waals surface area contributed by atoms with Crippen molar-refractivity contribution in [2.45, 2.75) is 45.1 Å². The highest BCUT2D eigenvalue weighted by Crippen LogP contribution is 2.48. The fourth-order valence-corrected chi connectivity index (χ4v) is 3.68. The van der Waals surface area contributed by atoms with Crippen molar-refractivity contribution < 1.29 is 19.4 Å². The average Bonchev–Trinajstić information content (AvgIpc) is 3.54. The maximum Gasteiger partial charge on any atom is 0.413 e. The van der Waals surface area contributed by atoms with Crippen LogP contribution >= 0.6 is 0 Å². The van der Waals surface area contributed by atoms with Crippen molar-refractivity contribution in [3.8, 4) is 22.4 Å². The second-order valence-corrected chi connectivity index (χ2v) is 8.93. The van der Waals surface area contributed by atoms with E-state index in [0.29, 0.717) is 24.4 Å². The normalized spacial score (nSPS) is 15.2. The summed E-state index contributed by atoms with van der Waals surface area (Å²) in [6.07, 6.45) is 0.615. The van der Waals surface area contributed by atoms with E-state index in [9.17, 15) is 14.7 Å². The van der Waals surface area contributed by atoms with Crippen molar-refractivity contribution >= 4 is 17.9 Å². The molecule has 8 heteroatoms. The monoisotopic (exact) mass is 448 g/mol. The molecule has 1 fully saturated rings. The number of amides is 1. The van der Waals surface area contributed by atoms with Gasteiger partial charge in [-0.3, -0.25) is 10.1 Å². The topological polar surface area (TPSA) is 106 Å². The highest BCUT2D eigenvalue weighted by molar-refractivity contribution is 5.89. The third kappa shape index (κ3) is 4.46. The summed E-state index contributed by atoms with van der Waals surface area (Å²) in [4.78, 5) is 23.8. The van der Waals surface area contributed by atoms with Crippen LogP contribution in [0.1, 0.15) is 39.2 Å². The Hall–Kier alpha value is -3.68. The number of aryl methyl sites for hydroxylation is 1. The lowest BCUT2D eigenvalue weighted by atomic mass is 9.93. The van der Waals surface area contributed by atoms with Gasteiger partial charge in [0.25, 0.3) is 0 Å². The van der Waals surface area contributed by atoms with Gasteiger partial charge in [-0.1, -0.05) is 67.6 Å². The lowest BCUT2D eigenvalue weighted by molar-refractivity contribution is -0.140. The van der Waals surface area contributed by atoms with E-state index in [1.54, 1.807) is 7.05 Å². The molecule has 0 bridgehead atoms. The van der Waals surface area contributed by atoms with Gasteiger partial charge in [0.1, 0.15) is 11.8 Å². The minimum atomic E-state index is -0.754. The second kappa shape index (κ2) is 8.69. The molecule has 4 rings (SSSR count). The molecule has 0 saturated heterocycles. The van der Waals surface area contributed by atoms with E-state index in [4.69, 9.17) is 4.74 Å². The van der Waals surface area contributed by atoms with Crippen molar-refractivity contribution in [2.24, 2.45) is 13.0 Å². The Morgan fingerprint density at radius 2 is 1.55 bits per heavy atom. The molecular formula is C25H28N4O4. The smallest absolute Gasteiger partial charge is 0.413 e. The molecule has 1 aliphatic carbocycles. The van der Waals surface area contributed by atoms with Gasteiger partial charge < -0.3 is 9.84 Å². The quantitative estimate of drug-likeness (QED) is 0.535. The predicted octanol–water partition coefficient (Wildman–Crippen LogP) is 4.86. The average molecular weight is 449 g/mol. The van der Waals surface area contributed by atoms with E-state index in [2.05, 4.69) is 15.6 Å². The fraction of sp³-hybridized carbons (Fsp3) is 0.360. The van der Waals surface area contributed by atoms with Gasteiger partial charge in [0, 0.05) is 12.6 Å². The molecule has 3 aromatic rings. The largest absolute Gasteiger partial charge is 0.481 e. The number of carbonyl (C=O) groups is 2. The zero-order valence-electron chi connectivity index (χ0n) is 19.2. The van der Waals surface area contributed by atoms with Crippen molar-refractivity contribution in [2.75, 3.05) is 5.32 Å². The van der Waals surface area contributed by atoms with Crippen molar-refractivity contribution in [3.63, 3.8) is 0 Å². The zero-order chi connectivity index (χ0) is 23.8. The van der Waals surface area contributed by atoms with E-state index in [0.717, 1.165) is 22.3 Å². The van der Waals surface area contributed by atoms with Crippen LogP contribution in [-0.2, 0) is 22.0 Å². The number of hydrogen-bond acceptors (Lipinski definition) is 5. The Balaban J connectivity index is 1.51. The Kier molecular flexibility index (Phi) is 5.93. The van der Waals surface area contributed by atoms with Crippen LogP contribution in [0.4, 0.5) is 10.6 Å². The van der Waals surface area contributed by atoms with Gasteiger partial charge in [-0.05, 0) is 42.4 Å². The first kappa shape index (κ1) is 22.5. The van der Waals surface area contributed by atoms with Gasteiger partial charge in [0.05, 0.1) is 5.41 Å². The number of carboxylic acid groups (broad SMARTS) is 1. The first-order valence-corrected chi connectivity index (χ1v) is 11.0. The number of carbonyl (C=O) groups excluding carboxylic acids is 1. The maximum absolute atomic E-state index is 12.3. The number of rotatable bonds is 7. The summed E-state index contributed by atoms with van der Waals surface area (Å²) < 4.78 is 6.90. The van der Waals surface area contributed by atoms with Crippen LogP contribution in [0.5, 0.6) is 0 Å². The number of anilines is 1. The lowest BCUT2D eigenvalue weighted by Crippen LogP contribution is -2.25. The first-order valence-electron chi connectivity index (χ1n) is 11.0. The first-order chi connectivity index (χ1) is 15.7. The van der Waals surface area contributed by atoms with Crippen LogP contribution in [0, 0.1) is 5.92 Å². The van der Waals surface area contributed by atoms with E-state index < -0.39 is 17.5 Å². The maximum atomic E-state index is 12.3. The summed E-state index contributed by atoms with van der Waals surface area (Å²) in [6, 6.07) is 15.5. The molecule has 2 aromatic carbocycles. The van der Waals surface area contributed by atoms with Crippen molar-refractivity contribution in [3.05, 3.63) is 54.1 Å². The molecule has 33 heavy (non-hydrogen) atoms. The standard InChI is InChI=1S/C25H28N4O4/c1-15(2)16(3)33-24(32)26-22-21(27-28-29(22)4)19-7-5-17(6-8-19)18-9-11-20(12-10-18)25(13-14-25)23(30)31/h5-12,15-16H,13-14H2,1-4H3,(H,26,32)(H,30,31)/t16-/m1/s1. The summed E-state index contributed by atoms with van der Waals surface area (Å²) in [5.74, 6) is -0.0903. The van der Waals surface area contributed by atoms with Crippen molar-refractivity contribution in [1.82, 2.24) is 15.0 Å². The number of nitrogens with one attached hydrogen (secondary N) is 1. The van der Waals surface area contributed by atoms with Gasteiger partial charge in [0.2, 0.25) is 0 Å². The predicted molar refractivity (Wildman–Crippen MR) is 125 cm³/mol. The minimum Gasteiger partial charge on any atom is -0.481 e. The van der Waals surface area contributed by atoms with E-state index in [-0.39, 0.29) is 12.0 Å². The molecule has 2 N–H and O–H groups in total. The molecule has 0 unspecified atom stereocenters. The highest BCUT2D eigenvalue weighted by atomic mass is 16.6. The minimum absolute atomic E-state index is 0.209. The summed E-state index contributed by atoms with van der Waals surface area (Å²) in [5, 5.41) is 20.5. The summed E-state index contributed by atoms with van der Waals surface area (Å²) in [7, 11) is 1.71. The molecule has 1 aromatic heterocycles. The number of benzene rings is 2. The molecule has 1 atom stereocenters. The van der Waals surface area contributed by atoms with Crippen LogP contribution in [-0.4, -0.2) is 38.3 Å². The van der Waals surface area contributed by atoms with Crippen LogP contribution < -0.4 is 5.32 Å². The molecule has 1 heterocycles. The van der Waals surface area contributed by atoms with Gasteiger partial charge in [-0.2, -0.15) is 0 Å². The molecule has 0 aliphatic heterocycles. The highest BCUT2D eigenvalue weighted by Gasteiger charge is 2.51. The van der Waals surface area contributed by atoms with Crippen LogP contribution in [0.3, 0.4) is 0 Å². The number of ether oxygens (including phenoxy) is 1. The number of hydrogen-bond donors (Lipinski definition) is 2. The van der Waals surface area contributed by atoms with E-state index in [1.807, 2.05) is 69.3 Å². The van der Waals surface area contributed by atoms with Gasteiger partial charge in [0.15, 0.2) is 5.82 Å². The third-order valence-electron chi connectivity index (χ3n) is 6.37. The summed E-state index contributed by atoms with van der Waals surface area (Å²) in [5.41, 5.74) is 3.49. The van der Waals surface area contributed by atoms with Crippen LogP contribution in [0.15, 0.2) is 48.5 Å². The Labute approximate surface area is 192 Å². The van der Waals surface area contributed by atoms with Crippen LogP contribution in [0.25, 0.3) is 22.4 Å². The summed E-state index contributed by atoms with van der Waals surface area (Å²) >= 11 is 0. The molecule has 0 spiro atoms. The Morgan fingerprint density at radius 3 is 2.06 bits per heavy atom. The molecule has 172 valence electrons. The molecule has 0 radical (unpaired) electrons. The summed E-state index contributed by atoms with van der Waals surface area (Å²) in [6.45, 7) is 5.82. The Bertz CT molecular complexity index is 1160. The fourth-order valence-electron chi connectivity index (χ4n) is 3.68. The lowest BCUT2D eigenvalue weighted by Gasteiger charge is -2.17. The number of nitrogens with zero attached hydrogens (tertiary/aromatic N) is 3. The molecule has 1 saturated carbocycles. The molecule has 1 amide bonds. The molecular weight excluding hydrogens is 420 g/mol. The van der Waals surface area contributed by atoms with Crippen molar-refractivity contribution in [1.29, 1.82) is 0 Å². The van der Waals surface area contributed by atoms with E-state index in [1.165, 1.54) is 4.68 Å². The van der Waals surface area contributed by atoms with Crippen LogP contribution in [0.2, 0.25) is 0 Å².